The number of aliphatic carboxylic acids is 1. The highest BCUT2D eigenvalue weighted by molar-refractivity contribution is 5.89. The van der Waals surface area contributed by atoms with Gasteiger partial charge in [-0.2, -0.15) is 5.26 Å². The zero-order chi connectivity index (χ0) is 15.7. The van der Waals surface area contributed by atoms with Crippen LogP contribution in [0.4, 0.5) is 10.5 Å². The predicted molar refractivity (Wildman–Crippen MR) is 75.8 cm³/mol. The summed E-state index contributed by atoms with van der Waals surface area (Å²) in [6.45, 7) is 0.0984. The van der Waals surface area contributed by atoms with E-state index in [4.69, 9.17) is 15.1 Å². The van der Waals surface area contributed by atoms with Crippen molar-refractivity contribution in [1.82, 2.24) is 5.32 Å². The summed E-state index contributed by atoms with van der Waals surface area (Å²) in [6.07, 6.45) is -0.442. The molecule has 112 valence electrons. The molecular formula is C14H17N3O4. The smallest absolute Gasteiger partial charge is 0.319 e. The van der Waals surface area contributed by atoms with Crippen molar-refractivity contribution in [2.75, 3.05) is 19.0 Å². The number of hydrogen-bond donors (Lipinski definition) is 3. The molecule has 7 nitrogen and oxygen atoms in total. The molecule has 0 bridgehead atoms. The molecule has 1 aromatic rings. The van der Waals surface area contributed by atoms with Crippen LogP contribution in [0.1, 0.15) is 12.0 Å². The van der Waals surface area contributed by atoms with Crippen LogP contribution >= 0.6 is 0 Å². The lowest BCUT2D eigenvalue weighted by atomic mass is 10.1. The third kappa shape index (κ3) is 6.40. The maximum absolute atomic E-state index is 11.7. The van der Waals surface area contributed by atoms with E-state index in [0.29, 0.717) is 12.1 Å². The van der Waals surface area contributed by atoms with Crippen molar-refractivity contribution in [2.24, 2.45) is 0 Å². The number of nitriles is 1. The summed E-state index contributed by atoms with van der Waals surface area (Å²) in [4.78, 5) is 22.2. The van der Waals surface area contributed by atoms with Gasteiger partial charge in [0.2, 0.25) is 0 Å². The first kappa shape index (κ1) is 16.5. The van der Waals surface area contributed by atoms with Gasteiger partial charge in [0.1, 0.15) is 0 Å². The molecule has 0 saturated heterocycles. The van der Waals surface area contributed by atoms with Gasteiger partial charge in [0.15, 0.2) is 0 Å². The number of methoxy groups -OCH3 is 1. The number of urea groups is 1. The fraction of sp³-hybridized carbons (Fsp3) is 0.357. The number of carboxylic acid groups (broad SMARTS) is 1. The van der Waals surface area contributed by atoms with E-state index in [0.717, 1.165) is 5.56 Å². The first-order chi connectivity index (χ1) is 10.0. The Kier molecular flexibility index (Phi) is 6.71. The number of nitrogens with zero attached hydrogens (tertiary/aromatic N) is 1. The number of anilines is 1. The van der Waals surface area contributed by atoms with Crippen LogP contribution in [0.15, 0.2) is 24.3 Å². The van der Waals surface area contributed by atoms with Crippen molar-refractivity contribution in [3.8, 4) is 6.07 Å². The third-order valence-electron chi connectivity index (χ3n) is 2.72. The summed E-state index contributed by atoms with van der Waals surface area (Å²) in [5.41, 5.74) is 1.45. The van der Waals surface area contributed by atoms with Crippen molar-refractivity contribution in [2.45, 2.75) is 18.9 Å². The van der Waals surface area contributed by atoms with Crippen LogP contribution in [0.25, 0.3) is 0 Å². The normalized spacial score (nSPS) is 11.2. The van der Waals surface area contributed by atoms with Gasteiger partial charge in [-0.1, -0.05) is 12.1 Å². The van der Waals surface area contributed by atoms with Crippen LogP contribution in [-0.4, -0.2) is 36.9 Å². The first-order valence-corrected chi connectivity index (χ1v) is 6.30. The molecule has 2 amide bonds. The first-order valence-electron chi connectivity index (χ1n) is 6.30. The minimum absolute atomic E-state index is 0.0984. The van der Waals surface area contributed by atoms with E-state index in [1.807, 2.05) is 6.07 Å². The molecule has 0 aliphatic carbocycles. The number of hydrogen-bond acceptors (Lipinski definition) is 4. The summed E-state index contributed by atoms with van der Waals surface area (Å²) < 4.78 is 4.95. The van der Waals surface area contributed by atoms with Crippen LogP contribution in [0.3, 0.4) is 0 Å². The number of carboxylic acids is 1. The molecule has 0 saturated carbocycles. The average Bonchev–Trinajstić information content (AvgIpc) is 2.45. The van der Waals surface area contributed by atoms with Crippen molar-refractivity contribution in [1.29, 1.82) is 5.26 Å². The van der Waals surface area contributed by atoms with Crippen LogP contribution in [0.5, 0.6) is 0 Å². The fourth-order valence-corrected chi connectivity index (χ4v) is 1.61. The Morgan fingerprint density at radius 2 is 2.05 bits per heavy atom. The van der Waals surface area contributed by atoms with Crippen molar-refractivity contribution < 1.29 is 19.4 Å². The highest BCUT2D eigenvalue weighted by Crippen LogP contribution is 2.09. The molecule has 1 atom stereocenters. The van der Waals surface area contributed by atoms with Gasteiger partial charge < -0.3 is 20.5 Å². The van der Waals surface area contributed by atoms with Crippen molar-refractivity contribution in [3.05, 3.63) is 29.8 Å². The highest BCUT2D eigenvalue weighted by Gasteiger charge is 2.13. The Bertz CT molecular complexity index is 522. The Morgan fingerprint density at radius 1 is 1.38 bits per heavy atom. The van der Waals surface area contributed by atoms with Crippen LogP contribution in [0.2, 0.25) is 0 Å². The molecule has 1 aromatic carbocycles. The molecule has 0 heterocycles. The molecule has 7 heteroatoms. The van der Waals surface area contributed by atoms with E-state index in [9.17, 15) is 9.59 Å². The Balaban J connectivity index is 2.42. The van der Waals surface area contributed by atoms with E-state index in [1.165, 1.54) is 7.11 Å². The summed E-state index contributed by atoms with van der Waals surface area (Å²) in [5, 5.41) is 22.4. The second-order valence-corrected chi connectivity index (χ2v) is 4.32. The number of carbonyl (C=O) groups is 2. The van der Waals surface area contributed by atoms with Gasteiger partial charge in [-0.05, 0) is 17.7 Å². The monoisotopic (exact) mass is 291 g/mol. The number of carbonyl (C=O) groups excluding carboxylic acids is 1. The maximum atomic E-state index is 11.7. The van der Waals surface area contributed by atoms with Crippen LogP contribution < -0.4 is 10.6 Å². The van der Waals surface area contributed by atoms with Crippen LogP contribution in [0, 0.1) is 11.3 Å². The number of nitrogens with one attached hydrogen (secondary N) is 2. The Labute approximate surface area is 122 Å². The van der Waals surface area contributed by atoms with Gasteiger partial charge >= 0.3 is 12.0 Å². The standard InChI is InChI=1S/C14H17N3O4/c1-21-12(8-13(18)19)9-16-14(20)17-11-4-2-10(3-5-11)6-7-15/h2-5,12H,6,8-9H2,1H3,(H,18,19)(H2,16,17,20). The van der Waals surface area contributed by atoms with E-state index >= 15 is 0 Å². The lowest BCUT2D eigenvalue weighted by Crippen LogP contribution is -2.37. The van der Waals surface area contributed by atoms with E-state index < -0.39 is 18.1 Å². The summed E-state index contributed by atoms with van der Waals surface area (Å²) in [7, 11) is 1.39. The summed E-state index contributed by atoms with van der Waals surface area (Å²) >= 11 is 0. The second kappa shape index (κ2) is 8.55. The molecule has 0 aromatic heterocycles. The Hall–Kier alpha value is -2.59. The van der Waals surface area contributed by atoms with Crippen molar-refractivity contribution >= 4 is 17.7 Å². The maximum Gasteiger partial charge on any atom is 0.319 e. The SMILES string of the molecule is COC(CNC(=O)Nc1ccc(CC#N)cc1)CC(=O)O. The zero-order valence-electron chi connectivity index (χ0n) is 11.6. The topological polar surface area (TPSA) is 111 Å². The van der Waals surface area contributed by atoms with E-state index in [1.54, 1.807) is 24.3 Å². The Morgan fingerprint density at radius 3 is 2.57 bits per heavy atom. The lowest BCUT2D eigenvalue weighted by molar-refractivity contribution is -0.139. The fourth-order valence-electron chi connectivity index (χ4n) is 1.61. The van der Waals surface area contributed by atoms with Gasteiger partial charge in [0, 0.05) is 19.3 Å². The third-order valence-corrected chi connectivity index (χ3v) is 2.72. The predicted octanol–water partition coefficient (Wildman–Crippen LogP) is 1.36. The minimum atomic E-state index is -0.989. The molecule has 0 spiro atoms. The molecule has 0 aliphatic heterocycles. The number of ether oxygens (including phenoxy) is 1. The molecule has 3 N–H and O–H groups in total. The molecule has 0 fully saturated rings. The number of benzene rings is 1. The quantitative estimate of drug-likeness (QED) is 0.702. The second-order valence-electron chi connectivity index (χ2n) is 4.32. The highest BCUT2D eigenvalue weighted by atomic mass is 16.5. The molecular weight excluding hydrogens is 274 g/mol. The molecule has 1 rings (SSSR count). The number of amides is 2. The number of rotatable bonds is 7. The van der Waals surface area contributed by atoms with E-state index in [2.05, 4.69) is 10.6 Å². The van der Waals surface area contributed by atoms with E-state index in [-0.39, 0.29) is 13.0 Å². The molecule has 1 unspecified atom stereocenters. The van der Waals surface area contributed by atoms with Crippen LogP contribution in [-0.2, 0) is 16.0 Å². The largest absolute Gasteiger partial charge is 0.481 e. The minimum Gasteiger partial charge on any atom is -0.481 e. The molecule has 0 aliphatic rings. The molecule has 0 radical (unpaired) electrons. The van der Waals surface area contributed by atoms with Gasteiger partial charge in [0.05, 0.1) is 25.0 Å². The van der Waals surface area contributed by atoms with Crippen molar-refractivity contribution in [3.63, 3.8) is 0 Å². The average molecular weight is 291 g/mol. The van der Waals surface area contributed by atoms with Gasteiger partial charge in [0.25, 0.3) is 0 Å². The van der Waals surface area contributed by atoms with Gasteiger partial charge in [-0.25, -0.2) is 4.79 Å². The lowest BCUT2D eigenvalue weighted by Gasteiger charge is -2.14. The summed E-state index contributed by atoms with van der Waals surface area (Å²) in [6, 6.07) is 8.47. The van der Waals surface area contributed by atoms with Gasteiger partial charge in [-0.3, -0.25) is 4.79 Å². The summed E-state index contributed by atoms with van der Waals surface area (Å²) in [5.74, 6) is -0.989. The van der Waals surface area contributed by atoms with Gasteiger partial charge in [-0.15, -0.1) is 0 Å². The molecule has 21 heavy (non-hydrogen) atoms. The zero-order valence-corrected chi connectivity index (χ0v) is 11.6.